The Balaban J connectivity index is 0.00000162. The van der Waals surface area contributed by atoms with E-state index < -0.39 is 0 Å². The van der Waals surface area contributed by atoms with Crippen molar-refractivity contribution < 1.29 is 17.2 Å². The second-order valence-electron chi connectivity index (χ2n) is 4.31. The lowest BCUT2D eigenvalue weighted by atomic mass is 10.2. The lowest BCUT2D eigenvalue weighted by Crippen LogP contribution is -3.00. The molecule has 1 aliphatic rings. The molecule has 1 aromatic rings. The summed E-state index contributed by atoms with van der Waals surface area (Å²) in [7, 11) is 0. The van der Waals surface area contributed by atoms with Gasteiger partial charge in [-0.2, -0.15) is 0 Å². The SMILES string of the molecule is O=C(NCCN1CCCC1)c1ccc(Br)cc1.[Cl-]. The van der Waals surface area contributed by atoms with Crippen molar-refractivity contribution in [2.24, 2.45) is 0 Å². The fourth-order valence-electron chi connectivity index (χ4n) is 2.04. The first-order valence-corrected chi connectivity index (χ1v) is 6.81. The first-order valence-electron chi connectivity index (χ1n) is 6.02. The van der Waals surface area contributed by atoms with E-state index in [0.29, 0.717) is 0 Å². The van der Waals surface area contributed by atoms with E-state index in [1.54, 1.807) is 0 Å². The first-order chi connectivity index (χ1) is 8.25. The molecule has 1 amide bonds. The molecule has 0 unspecified atom stereocenters. The summed E-state index contributed by atoms with van der Waals surface area (Å²) in [6, 6.07) is 7.43. The zero-order valence-electron chi connectivity index (χ0n) is 10.2. The predicted molar refractivity (Wildman–Crippen MR) is 72.1 cm³/mol. The van der Waals surface area contributed by atoms with E-state index in [9.17, 15) is 4.79 Å². The van der Waals surface area contributed by atoms with Crippen LogP contribution in [0.2, 0.25) is 0 Å². The molecule has 0 radical (unpaired) electrons. The van der Waals surface area contributed by atoms with Gasteiger partial charge in [0.25, 0.3) is 5.91 Å². The Morgan fingerprint density at radius 2 is 1.83 bits per heavy atom. The van der Waals surface area contributed by atoms with E-state index in [-0.39, 0.29) is 18.3 Å². The van der Waals surface area contributed by atoms with E-state index in [4.69, 9.17) is 0 Å². The fraction of sp³-hybridized carbons (Fsp3) is 0.462. The molecule has 0 atom stereocenters. The molecule has 1 aliphatic heterocycles. The number of carbonyl (C=O) groups is 1. The molecule has 0 aromatic heterocycles. The molecule has 100 valence electrons. The normalized spacial score (nSPS) is 15.2. The van der Waals surface area contributed by atoms with Crippen LogP contribution in [0.3, 0.4) is 0 Å². The van der Waals surface area contributed by atoms with Gasteiger partial charge in [0, 0.05) is 23.1 Å². The Morgan fingerprint density at radius 3 is 2.44 bits per heavy atom. The number of hydrogen-bond acceptors (Lipinski definition) is 2. The van der Waals surface area contributed by atoms with Gasteiger partial charge >= 0.3 is 0 Å². The number of rotatable bonds is 4. The van der Waals surface area contributed by atoms with Crippen molar-refractivity contribution >= 4 is 21.8 Å². The number of amides is 1. The van der Waals surface area contributed by atoms with Crippen LogP contribution in [0, 0.1) is 0 Å². The third kappa shape index (κ3) is 4.59. The number of halogens is 2. The second-order valence-corrected chi connectivity index (χ2v) is 5.23. The predicted octanol–water partition coefficient (Wildman–Crippen LogP) is -0.721. The molecule has 1 N–H and O–H groups in total. The number of nitrogens with zero attached hydrogens (tertiary/aromatic N) is 1. The van der Waals surface area contributed by atoms with Gasteiger partial charge in [-0.05, 0) is 50.2 Å². The van der Waals surface area contributed by atoms with Crippen LogP contribution in [0.4, 0.5) is 0 Å². The van der Waals surface area contributed by atoms with Crippen molar-refractivity contribution in [1.29, 1.82) is 0 Å². The highest BCUT2D eigenvalue weighted by molar-refractivity contribution is 9.10. The van der Waals surface area contributed by atoms with Crippen LogP contribution in [0.15, 0.2) is 28.7 Å². The minimum atomic E-state index is 0. The number of benzene rings is 1. The van der Waals surface area contributed by atoms with Crippen LogP contribution in [0.5, 0.6) is 0 Å². The quantitative estimate of drug-likeness (QED) is 0.789. The highest BCUT2D eigenvalue weighted by Gasteiger charge is 2.11. The molecule has 18 heavy (non-hydrogen) atoms. The van der Waals surface area contributed by atoms with Crippen molar-refractivity contribution in [3.8, 4) is 0 Å². The smallest absolute Gasteiger partial charge is 0.251 e. The van der Waals surface area contributed by atoms with Gasteiger partial charge in [-0.15, -0.1) is 0 Å². The summed E-state index contributed by atoms with van der Waals surface area (Å²) in [4.78, 5) is 14.2. The maximum atomic E-state index is 11.8. The summed E-state index contributed by atoms with van der Waals surface area (Å²) in [5.74, 6) is 0.0108. The van der Waals surface area contributed by atoms with E-state index in [1.807, 2.05) is 24.3 Å². The van der Waals surface area contributed by atoms with Gasteiger partial charge in [0.2, 0.25) is 0 Å². The van der Waals surface area contributed by atoms with Gasteiger partial charge in [0.1, 0.15) is 0 Å². The Morgan fingerprint density at radius 1 is 1.22 bits per heavy atom. The Hall–Kier alpha value is -0.580. The lowest BCUT2D eigenvalue weighted by molar-refractivity contribution is -0.0000118. The highest BCUT2D eigenvalue weighted by Crippen LogP contribution is 2.10. The maximum absolute atomic E-state index is 11.8. The standard InChI is InChI=1S/C13H17BrN2O.ClH/c14-12-5-3-11(4-6-12)13(17)15-7-10-16-8-1-2-9-16;/h3-6H,1-2,7-10H2,(H,15,17);1H/p-1. The Kier molecular flexibility index (Phi) is 6.68. The molecule has 0 bridgehead atoms. The number of likely N-dealkylation sites (tertiary alicyclic amines) is 1. The zero-order chi connectivity index (χ0) is 12.1. The first kappa shape index (κ1) is 15.5. The molecule has 0 spiro atoms. The van der Waals surface area contributed by atoms with E-state index >= 15 is 0 Å². The molecule has 3 nitrogen and oxygen atoms in total. The molecule has 0 aliphatic carbocycles. The van der Waals surface area contributed by atoms with Crippen LogP contribution < -0.4 is 17.7 Å². The van der Waals surface area contributed by atoms with Gasteiger partial charge in [0.15, 0.2) is 0 Å². The molecule has 1 fully saturated rings. The van der Waals surface area contributed by atoms with Crippen molar-refractivity contribution in [2.75, 3.05) is 26.2 Å². The molecule has 0 saturated carbocycles. The summed E-state index contributed by atoms with van der Waals surface area (Å²) in [5, 5.41) is 2.95. The molecule has 2 rings (SSSR count). The summed E-state index contributed by atoms with van der Waals surface area (Å²) in [6.45, 7) is 4.04. The molecule has 5 heteroatoms. The second kappa shape index (κ2) is 7.77. The molecule has 1 aromatic carbocycles. The molecular weight excluding hydrogens is 316 g/mol. The van der Waals surface area contributed by atoms with E-state index in [0.717, 1.165) is 23.1 Å². The van der Waals surface area contributed by atoms with Gasteiger partial charge in [-0.25, -0.2) is 0 Å². The minimum Gasteiger partial charge on any atom is -1.00 e. The van der Waals surface area contributed by atoms with Crippen molar-refractivity contribution in [3.05, 3.63) is 34.3 Å². The van der Waals surface area contributed by atoms with Crippen LogP contribution >= 0.6 is 15.9 Å². The summed E-state index contributed by atoms with van der Waals surface area (Å²) < 4.78 is 0.992. The summed E-state index contributed by atoms with van der Waals surface area (Å²) >= 11 is 3.35. The number of nitrogens with one attached hydrogen (secondary N) is 1. The van der Waals surface area contributed by atoms with Crippen molar-refractivity contribution in [2.45, 2.75) is 12.8 Å². The number of carbonyl (C=O) groups excluding carboxylic acids is 1. The molecular formula is C13H17BrClN2O-. The average molecular weight is 333 g/mol. The molecule has 1 saturated heterocycles. The zero-order valence-corrected chi connectivity index (χ0v) is 12.5. The van der Waals surface area contributed by atoms with Crippen molar-refractivity contribution in [1.82, 2.24) is 10.2 Å². The van der Waals surface area contributed by atoms with Gasteiger partial charge in [-0.3, -0.25) is 4.79 Å². The van der Waals surface area contributed by atoms with Crippen LogP contribution in [0.1, 0.15) is 23.2 Å². The summed E-state index contributed by atoms with van der Waals surface area (Å²) in [6.07, 6.45) is 2.58. The fourth-order valence-corrected chi connectivity index (χ4v) is 2.30. The van der Waals surface area contributed by atoms with Gasteiger partial charge in [-0.1, -0.05) is 15.9 Å². The topological polar surface area (TPSA) is 32.3 Å². The third-order valence-corrected chi connectivity index (χ3v) is 3.55. The van der Waals surface area contributed by atoms with Crippen LogP contribution in [-0.2, 0) is 0 Å². The van der Waals surface area contributed by atoms with E-state index in [1.165, 1.54) is 25.9 Å². The number of hydrogen-bond donors (Lipinski definition) is 1. The Bertz CT molecular complexity index is 377. The third-order valence-electron chi connectivity index (χ3n) is 3.02. The van der Waals surface area contributed by atoms with E-state index in [2.05, 4.69) is 26.1 Å². The Labute approximate surface area is 122 Å². The maximum Gasteiger partial charge on any atom is 0.251 e. The lowest BCUT2D eigenvalue weighted by Gasteiger charge is -2.14. The largest absolute Gasteiger partial charge is 1.00 e. The van der Waals surface area contributed by atoms with Crippen LogP contribution in [0.25, 0.3) is 0 Å². The van der Waals surface area contributed by atoms with Gasteiger partial charge in [0.05, 0.1) is 0 Å². The highest BCUT2D eigenvalue weighted by atomic mass is 79.9. The average Bonchev–Trinajstić information content (AvgIpc) is 2.83. The minimum absolute atomic E-state index is 0. The summed E-state index contributed by atoms with van der Waals surface area (Å²) in [5.41, 5.74) is 0.717. The monoisotopic (exact) mass is 331 g/mol. The molecule has 1 heterocycles. The van der Waals surface area contributed by atoms with Crippen LogP contribution in [-0.4, -0.2) is 37.0 Å². The van der Waals surface area contributed by atoms with Gasteiger partial charge < -0.3 is 22.6 Å². The van der Waals surface area contributed by atoms with Crippen molar-refractivity contribution in [3.63, 3.8) is 0 Å².